The molecule has 0 spiro atoms. The number of halogens is 1. The van der Waals surface area contributed by atoms with E-state index >= 15 is 0 Å². The number of carbonyl (C=O) groups is 2. The molecule has 1 fully saturated rings. The summed E-state index contributed by atoms with van der Waals surface area (Å²) in [4.78, 5) is 26.9. The van der Waals surface area contributed by atoms with Gasteiger partial charge in [-0.2, -0.15) is 0 Å². The summed E-state index contributed by atoms with van der Waals surface area (Å²) in [6.07, 6.45) is 3.06. The molecule has 2 heterocycles. The van der Waals surface area contributed by atoms with Crippen LogP contribution in [0.1, 0.15) is 47.2 Å². The monoisotopic (exact) mass is 406 g/mol. The molecule has 0 N–H and O–H groups in total. The van der Waals surface area contributed by atoms with Crippen LogP contribution in [-0.2, 0) is 4.74 Å². The zero-order valence-corrected chi connectivity index (χ0v) is 15.5. The molecule has 0 radical (unpaired) electrons. The Labute approximate surface area is 154 Å². The van der Waals surface area contributed by atoms with Gasteiger partial charge >= 0.3 is 5.97 Å². The molecule has 6 nitrogen and oxygen atoms in total. The van der Waals surface area contributed by atoms with Gasteiger partial charge in [0.2, 0.25) is 5.76 Å². The Bertz CT molecular complexity index is 764. The van der Waals surface area contributed by atoms with Crippen molar-refractivity contribution < 1.29 is 18.8 Å². The molecule has 1 aromatic carbocycles. The lowest BCUT2D eigenvalue weighted by Gasteiger charge is -2.25. The van der Waals surface area contributed by atoms with Crippen LogP contribution in [0, 0.1) is 0 Å². The number of hydrogen-bond donors (Lipinski definition) is 0. The van der Waals surface area contributed by atoms with E-state index in [0.29, 0.717) is 24.2 Å². The smallest absolute Gasteiger partial charge is 0.361 e. The first-order valence-corrected chi connectivity index (χ1v) is 9.13. The molecule has 1 aromatic heterocycles. The molecule has 1 amide bonds. The van der Waals surface area contributed by atoms with Gasteiger partial charge in [0.25, 0.3) is 5.91 Å². The maximum Gasteiger partial charge on any atom is 0.361 e. The first-order valence-electron chi connectivity index (χ1n) is 8.33. The Morgan fingerprint density at radius 3 is 2.52 bits per heavy atom. The lowest BCUT2D eigenvalue weighted by atomic mass is 10.0. The largest absolute Gasteiger partial charge is 0.461 e. The van der Waals surface area contributed by atoms with E-state index in [-0.39, 0.29) is 24.0 Å². The maximum absolute atomic E-state index is 12.9. The number of benzene rings is 1. The highest BCUT2D eigenvalue weighted by Crippen LogP contribution is 2.31. The SMILES string of the molecule is CCOC(=O)c1noc(C(=O)N2CCCCC2)c1-c1ccc(Br)cc1. The van der Waals surface area contributed by atoms with E-state index in [9.17, 15) is 9.59 Å². The number of hydrogen-bond acceptors (Lipinski definition) is 5. The van der Waals surface area contributed by atoms with Gasteiger partial charge in [-0.05, 0) is 43.9 Å². The van der Waals surface area contributed by atoms with Gasteiger partial charge in [0.05, 0.1) is 12.2 Å². The van der Waals surface area contributed by atoms with Crippen molar-refractivity contribution in [1.82, 2.24) is 10.1 Å². The molecule has 25 heavy (non-hydrogen) atoms. The Kier molecular flexibility index (Phi) is 5.53. The van der Waals surface area contributed by atoms with Crippen LogP contribution in [0.2, 0.25) is 0 Å². The van der Waals surface area contributed by atoms with Gasteiger partial charge in [-0.15, -0.1) is 0 Å². The van der Waals surface area contributed by atoms with Gasteiger partial charge < -0.3 is 14.2 Å². The van der Waals surface area contributed by atoms with Crippen LogP contribution in [-0.4, -0.2) is 41.6 Å². The fourth-order valence-corrected chi connectivity index (χ4v) is 3.16. The topological polar surface area (TPSA) is 72.6 Å². The number of aromatic nitrogens is 1. The second-order valence-corrected chi connectivity index (χ2v) is 6.73. The van der Waals surface area contributed by atoms with Gasteiger partial charge in [0.1, 0.15) is 0 Å². The minimum atomic E-state index is -0.595. The van der Waals surface area contributed by atoms with Gasteiger partial charge in [0, 0.05) is 17.6 Å². The fourth-order valence-electron chi connectivity index (χ4n) is 2.90. The number of rotatable bonds is 4. The van der Waals surface area contributed by atoms with Crippen molar-refractivity contribution in [2.45, 2.75) is 26.2 Å². The first kappa shape index (κ1) is 17.7. The van der Waals surface area contributed by atoms with Crippen LogP contribution in [0.3, 0.4) is 0 Å². The summed E-state index contributed by atoms with van der Waals surface area (Å²) >= 11 is 3.39. The van der Waals surface area contributed by atoms with E-state index in [1.54, 1.807) is 11.8 Å². The number of amides is 1. The third-order valence-corrected chi connectivity index (χ3v) is 4.66. The number of carbonyl (C=O) groups excluding carboxylic acids is 2. The molecule has 0 saturated carbocycles. The second-order valence-electron chi connectivity index (χ2n) is 5.82. The van der Waals surface area contributed by atoms with E-state index in [0.717, 1.165) is 23.7 Å². The highest BCUT2D eigenvalue weighted by Gasteiger charge is 2.31. The predicted octanol–water partition coefficient (Wildman–Crippen LogP) is 3.91. The maximum atomic E-state index is 12.9. The highest BCUT2D eigenvalue weighted by molar-refractivity contribution is 9.10. The average Bonchev–Trinajstić information content (AvgIpc) is 3.08. The molecular weight excluding hydrogens is 388 g/mol. The predicted molar refractivity (Wildman–Crippen MR) is 95.4 cm³/mol. The van der Waals surface area contributed by atoms with Crippen LogP contribution < -0.4 is 0 Å². The molecule has 1 saturated heterocycles. The lowest BCUT2D eigenvalue weighted by Crippen LogP contribution is -2.35. The summed E-state index contributed by atoms with van der Waals surface area (Å²) in [5.74, 6) is -0.741. The van der Waals surface area contributed by atoms with Crippen LogP contribution >= 0.6 is 15.9 Å². The van der Waals surface area contributed by atoms with Crippen molar-refractivity contribution >= 4 is 27.8 Å². The minimum absolute atomic E-state index is 0.0320. The third-order valence-electron chi connectivity index (χ3n) is 4.13. The van der Waals surface area contributed by atoms with Crippen LogP contribution in [0.5, 0.6) is 0 Å². The summed E-state index contributed by atoms with van der Waals surface area (Å²) in [7, 11) is 0. The minimum Gasteiger partial charge on any atom is -0.461 e. The van der Waals surface area contributed by atoms with Crippen molar-refractivity contribution in [3.05, 3.63) is 40.2 Å². The van der Waals surface area contributed by atoms with E-state index in [2.05, 4.69) is 21.1 Å². The molecule has 3 rings (SSSR count). The molecule has 7 heteroatoms. The first-order chi connectivity index (χ1) is 12.1. The quantitative estimate of drug-likeness (QED) is 0.719. The molecule has 0 atom stereocenters. The van der Waals surface area contributed by atoms with Gasteiger partial charge in [-0.25, -0.2) is 4.79 Å². The van der Waals surface area contributed by atoms with E-state index in [1.807, 2.05) is 24.3 Å². The lowest BCUT2D eigenvalue weighted by molar-refractivity contribution is 0.0513. The van der Waals surface area contributed by atoms with E-state index in [4.69, 9.17) is 9.26 Å². The summed E-state index contributed by atoms with van der Waals surface area (Å²) in [6.45, 7) is 3.32. The Hall–Kier alpha value is -2.15. The Morgan fingerprint density at radius 2 is 1.88 bits per heavy atom. The van der Waals surface area contributed by atoms with E-state index < -0.39 is 5.97 Å². The fraction of sp³-hybridized carbons (Fsp3) is 0.389. The van der Waals surface area contributed by atoms with Crippen molar-refractivity contribution in [3.63, 3.8) is 0 Å². The molecular formula is C18H19BrN2O4. The molecule has 132 valence electrons. The van der Waals surface area contributed by atoms with Crippen molar-refractivity contribution in [2.24, 2.45) is 0 Å². The molecule has 2 aromatic rings. The summed E-state index contributed by atoms with van der Waals surface area (Å²) < 4.78 is 11.3. The zero-order valence-electron chi connectivity index (χ0n) is 14.0. The summed E-state index contributed by atoms with van der Waals surface area (Å²) in [6, 6.07) is 7.30. The normalized spacial score (nSPS) is 14.4. The molecule has 1 aliphatic rings. The van der Waals surface area contributed by atoms with Gasteiger partial charge in [0.15, 0.2) is 5.69 Å². The standard InChI is InChI=1S/C18H19BrN2O4/c1-2-24-18(23)15-14(12-6-8-13(19)9-7-12)16(25-20-15)17(22)21-10-4-3-5-11-21/h6-9H,2-5,10-11H2,1H3. The van der Waals surface area contributed by atoms with Crippen molar-refractivity contribution in [2.75, 3.05) is 19.7 Å². The molecule has 1 aliphatic heterocycles. The van der Waals surface area contributed by atoms with Crippen LogP contribution in [0.25, 0.3) is 11.1 Å². The zero-order chi connectivity index (χ0) is 17.8. The molecule has 0 bridgehead atoms. The van der Waals surface area contributed by atoms with Crippen molar-refractivity contribution in [1.29, 1.82) is 0 Å². The van der Waals surface area contributed by atoms with E-state index in [1.165, 1.54) is 0 Å². The number of nitrogens with zero attached hydrogens (tertiary/aromatic N) is 2. The number of likely N-dealkylation sites (tertiary alicyclic amines) is 1. The van der Waals surface area contributed by atoms with Gasteiger partial charge in [-0.3, -0.25) is 4.79 Å². The summed E-state index contributed by atoms with van der Waals surface area (Å²) in [5.41, 5.74) is 1.11. The third kappa shape index (κ3) is 3.76. The average molecular weight is 407 g/mol. The number of ether oxygens (including phenoxy) is 1. The van der Waals surface area contributed by atoms with Crippen LogP contribution in [0.4, 0.5) is 0 Å². The van der Waals surface area contributed by atoms with Crippen LogP contribution in [0.15, 0.2) is 33.3 Å². The number of esters is 1. The summed E-state index contributed by atoms with van der Waals surface area (Å²) in [5, 5.41) is 3.84. The molecule has 0 unspecified atom stereocenters. The number of piperidine rings is 1. The molecule has 0 aliphatic carbocycles. The second kappa shape index (κ2) is 7.82. The Morgan fingerprint density at radius 1 is 1.20 bits per heavy atom. The van der Waals surface area contributed by atoms with Crippen molar-refractivity contribution in [3.8, 4) is 11.1 Å². The Balaban J connectivity index is 2.04. The highest BCUT2D eigenvalue weighted by atomic mass is 79.9. The van der Waals surface area contributed by atoms with Gasteiger partial charge in [-0.1, -0.05) is 33.2 Å².